The SMILES string of the molecule is Cc1nc(N2CCCCC2)c2c(C)c(C(=O)NCC(C)c3ccccc3)sc2n1. The third-order valence-electron chi connectivity index (χ3n) is 5.68. The number of anilines is 1. The van der Waals surface area contributed by atoms with E-state index in [2.05, 4.69) is 34.3 Å². The highest BCUT2D eigenvalue weighted by Crippen LogP contribution is 2.36. The zero-order chi connectivity index (χ0) is 20.4. The Hall–Kier alpha value is -2.47. The fourth-order valence-electron chi connectivity index (χ4n) is 4.00. The van der Waals surface area contributed by atoms with E-state index in [0.717, 1.165) is 45.4 Å². The van der Waals surface area contributed by atoms with Crippen LogP contribution in [0.25, 0.3) is 10.2 Å². The van der Waals surface area contributed by atoms with E-state index in [1.165, 1.54) is 36.2 Å². The Morgan fingerprint density at radius 1 is 1.14 bits per heavy atom. The number of benzene rings is 1. The smallest absolute Gasteiger partial charge is 0.261 e. The van der Waals surface area contributed by atoms with Crippen molar-refractivity contribution in [1.82, 2.24) is 15.3 Å². The first kappa shape index (κ1) is 19.8. The summed E-state index contributed by atoms with van der Waals surface area (Å²) in [5, 5.41) is 4.17. The summed E-state index contributed by atoms with van der Waals surface area (Å²) in [5.74, 6) is 2.01. The van der Waals surface area contributed by atoms with Gasteiger partial charge in [-0.05, 0) is 50.2 Å². The summed E-state index contributed by atoms with van der Waals surface area (Å²) in [5.41, 5.74) is 2.23. The molecule has 1 N–H and O–H groups in total. The number of fused-ring (bicyclic) bond motifs is 1. The molecule has 1 saturated heterocycles. The Morgan fingerprint density at radius 2 is 1.86 bits per heavy atom. The molecule has 2 aromatic heterocycles. The molecule has 0 bridgehead atoms. The van der Waals surface area contributed by atoms with E-state index in [1.807, 2.05) is 32.0 Å². The molecular formula is C23H28N4OS. The van der Waals surface area contributed by atoms with Gasteiger partial charge >= 0.3 is 0 Å². The van der Waals surface area contributed by atoms with Gasteiger partial charge in [0, 0.05) is 19.6 Å². The predicted octanol–water partition coefficient (Wildman–Crippen LogP) is 4.83. The minimum absolute atomic E-state index is 0.0180. The van der Waals surface area contributed by atoms with Crippen LogP contribution in [0.15, 0.2) is 30.3 Å². The van der Waals surface area contributed by atoms with Gasteiger partial charge in [0.25, 0.3) is 5.91 Å². The highest BCUT2D eigenvalue weighted by atomic mass is 32.1. The van der Waals surface area contributed by atoms with Crippen LogP contribution in [-0.4, -0.2) is 35.5 Å². The molecule has 1 aliphatic heterocycles. The molecule has 3 heterocycles. The number of hydrogen-bond acceptors (Lipinski definition) is 5. The van der Waals surface area contributed by atoms with Crippen molar-refractivity contribution in [3.05, 3.63) is 52.2 Å². The second kappa shape index (κ2) is 8.49. The van der Waals surface area contributed by atoms with Crippen LogP contribution in [0.4, 0.5) is 5.82 Å². The zero-order valence-corrected chi connectivity index (χ0v) is 18.2. The normalized spacial score (nSPS) is 15.5. The first-order chi connectivity index (χ1) is 14.0. The molecule has 0 radical (unpaired) electrons. The van der Waals surface area contributed by atoms with Gasteiger partial charge in [0.05, 0.1) is 10.3 Å². The van der Waals surface area contributed by atoms with E-state index < -0.39 is 0 Å². The molecule has 1 aliphatic rings. The van der Waals surface area contributed by atoms with Crippen LogP contribution >= 0.6 is 11.3 Å². The molecule has 1 amide bonds. The lowest BCUT2D eigenvalue weighted by Crippen LogP contribution is -2.30. The molecule has 1 fully saturated rings. The Labute approximate surface area is 176 Å². The molecule has 0 aliphatic carbocycles. The van der Waals surface area contributed by atoms with Crippen LogP contribution in [0.2, 0.25) is 0 Å². The summed E-state index contributed by atoms with van der Waals surface area (Å²) >= 11 is 1.48. The minimum Gasteiger partial charge on any atom is -0.356 e. The topological polar surface area (TPSA) is 58.1 Å². The molecule has 3 aromatic rings. The Kier molecular flexibility index (Phi) is 5.81. The first-order valence-corrected chi connectivity index (χ1v) is 11.2. The predicted molar refractivity (Wildman–Crippen MR) is 120 cm³/mol. The summed E-state index contributed by atoms with van der Waals surface area (Å²) in [7, 11) is 0. The lowest BCUT2D eigenvalue weighted by atomic mass is 10.0. The number of amides is 1. The third-order valence-corrected chi connectivity index (χ3v) is 6.87. The average Bonchev–Trinajstić information content (AvgIpc) is 3.08. The second-order valence-electron chi connectivity index (χ2n) is 7.90. The molecular weight excluding hydrogens is 380 g/mol. The number of aryl methyl sites for hydroxylation is 2. The number of carbonyl (C=O) groups is 1. The van der Waals surface area contributed by atoms with E-state index in [4.69, 9.17) is 4.98 Å². The van der Waals surface area contributed by atoms with E-state index >= 15 is 0 Å². The van der Waals surface area contributed by atoms with Crippen molar-refractivity contribution < 1.29 is 4.79 Å². The van der Waals surface area contributed by atoms with Gasteiger partial charge in [-0.1, -0.05) is 37.3 Å². The van der Waals surface area contributed by atoms with Gasteiger partial charge in [0.2, 0.25) is 0 Å². The standard InChI is InChI=1S/C23H28N4OS/c1-15(18-10-6-4-7-11-18)14-24-22(28)20-16(2)19-21(27-12-8-5-9-13-27)25-17(3)26-23(19)29-20/h4,6-7,10-11,15H,5,8-9,12-14H2,1-3H3,(H,24,28). The van der Waals surface area contributed by atoms with Crippen molar-refractivity contribution >= 4 is 33.3 Å². The van der Waals surface area contributed by atoms with Gasteiger partial charge in [-0.2, -0.15) is 0 Å². The van der Waals surface area contributed by atoms with E-state index in [-0.39, 0.29) is 11.8 Å². The van der Waals surface area contributed by atoms with Gasteiger partial charge < -0.3 is 10.2 Å². The van der Waals surface area contributed by atoms with Gasteiger partial charge in [-0.3, -0.25) is 4.79 Å². The van der Waals surface area contributed by atoms with Crippen LogP contribution in [0.3, 0.4) is 0 Å². The Balaban J connectivity index is 1.59. The van der Waals surface area contributed by atoms with Gasteiger partial charge in [-0.15, -0.1) is 11.3 Å². The maximum atomic E-state index is 13.0. The maximum Gasteiger partial charge on any atom is 0.261 e. The highest BCUT2D eigenvalue weighted by Gasteiger charge is 2.23. The molecule has 0 saturated carbocycles. The van der Waals surface area contributed by atoms with Crippen LogP contribution in [-0.2, 0) is 0 Å². The summed E-state index contributed by atoms with van der Waals surface area (Å²) in [4.78, 5) is 26.4. The van der Waals surface area contributed by atoms with Gasteiger partial charge in [0.15, 0.2) is 0 Å². The third kappa shape index (κ3) is 4.13. The number of nitrogens with one attached hydrogen (secondary N) is 1. The molecule has 6 heteroatoms. The zero-order valence-electron chi connectivity index (χ0n) is 17.4. The largest absolute Gasteiger partial charge is 0.356 e. The Morgan fingerprint density at radius 3 is 2.59 bits per heavy atom. The number of piperidine rings is 1. The van der Waals surface area contributed by atoms with E-state index in [9.17, 15) is 4.79 Å². The number of carbonyl (C=O) groups excluding carboxylic acids is 1. The van der Waals surface area contributed by atoms with Gasteiger partial charge in [0.1, 0.15) is 16.5 Å². The molecule has 1 aromatic carbocycles. The summed E-state index contributed by atoms with van der Waals surface area (Å²) < 4.78 is 0. The van der Waals surface area contributed by atoms with Crippen LogP contribution < -0.4 is 10.2 Å². The Bertz CT molecular complexity index is 1010. The van der Waals surface area contributed by atoms with Crippen molar-refractivity contribution in [3.8, 4) is 0 Å². The fourth-order valence-corrected chi connectivity index (χ4v) is 5.14. The molecule has 4 rings (SSSR count). The van der Waals surface area contributed by atoms with Crippen LogP contribution in [0, 0.1) is 13.8 Å². The quantitative estimate of drug-likeness (QED) is 0.657. The molecule has 5 nitrogen and oxygen atoms in total. The molecule has 152 valence electrons. The van der Waals surface area contributed by atoms with Gasteiger partial charge in [-0.25, -0.2) is 9.97 Å². The molecule has 1 atom stereocenters. The monoisotopic (exact) mass is 408 g/mol. The fraction of sp³-hybridized carbons (Fsp3) is 0.435. The number of nitrogens with zero attached hydrogens (tertiary/aromatic N) is 3. The maximum absolute atomic E-state index is 13.0. The second-order valence-corrected chi connectivity index (χ2v) is 8.90. The molecule has 0 spiro atoms. The van der Waals surface area contributed by atoms with Crippen molar-refractivity contribution in [3.63, 3.8) is 0 Å². The summed E-state index contributed by atoms with van der Waals surface area (Å²) in [6, 6.07) is 10.3. The van der Waals surface area contributed by atoms with E-state index in [1.54, 1.807) is 0 Å². The van der Waals surface area contributed by atoms with Crippen LogP contribution in [0.5, 0.6) is 0 Å². The molecule has 1 unspecified atom stereocenters. The number of rotatable bonds is 5. The van der Waals surface area contributed by atoms with Crippen molar-refractivity contribution in [2.45, 2.75) is 46.0 Å². The number of hydrogen-bond donors (Lipinski definition) is 1. The average molecular weight is 409 g/mol. The van der Waals surface area contributed by atoms with Crippen molar-refractivity contribution in [1.29, 1.82) is 0 Å². The molecule has 29 heavy (non-hydrogen) atoms. The summed E-state index contributed by atoms with van der Waals surface area (Å²) in [6.45, 7) is 8.76. The first-order valence-electron chi connectivity index (χ1n) is 10.4. The number of aromatic nitrogens is 2. The summed E-state index contributed by atoms with van der Waals surface area (Å²) in [6.07, 6.45) is 3.66. The minimum atomic E-state index is -0.0180. The van der Waals surface area contributed by atoms with E-state index in [0.29, 0.717) is 6.54 Å². The van der Waals surface area contributed by atoms with Crippen molar-refractivity contribution in [2.24, 2.45) is 0 Å². The highest BCUT2D eigenvalue weighted by molar-refractivity contribution is 7.20. The van der Waals surface area contributed by atoms with Crippen LogP contribution in [0.1, 0.15) is 58.7 Å². The number of thiophene rings is 1. The van der Waals surface area contributed by atoms with Crippen molar-refractivity contribution in [2.75, 3.05) is 24.5 Å². The lowest BCUT2D eigenvalue weighted by Gasteiger charge is -2.28. The lowest BCUT2D eigenvalue weighted by molar-refractivity contribution is 0.0955.